The molecule has 0 unspecified atom stereocenters. The number of aromatic nitrogens is 2. The first-order chi connectivity index (χ1) is 8.20. The van der Waals surface area contributed by atoms with Crippen LogP contribution < -0.4 is 10.1 Å². The number of hydrogen-bond donors (Lipinski definition) is 1. The molecule has 0 saturated carbocycles. The minimum Gasteiger partial charge on any atom is -0.494 e. The van der Waals surface area contributed by atoms with Crippen LogP contribution >= 0.6 is 0 Å². The smallest absolute Gasteiger partial charge is 0.165 e. The number of ether oxygens (including phenoxy) is 1. The van der Waals surface area contributed by atoms with Crippen LogP contribution in [0.25, 0.3) is 0 Å². The molecule has 2 rings (SSSR count). The van der Waals surface area contributed by atoms with Gasteiger partial charge in [0.25, 0.3) is 0 Å². The van der Waals surface area contributed by atoms with Gasteiger partial charge in [-0.05, 0) is 12.1 Å². The highest BCUT2D eigenvalue weighted by Crippen LogP contribution is 2.21. The zero-order valence-electron chi connectivity index (χ0n) is 9.77. The molecule has 1 aromatic heterocycles. The Labute approximate surface area is 99.1 Å². The SMILES string of the molecule is COc1cc(NCc2nccn2C)ccc1F. The Morgan fingerprint density at radius 1 is 1.47 bits per heavy atom. The van der Waals surface area contributed by atoms with Gasteiger partial charge in [-0.25, -0.2) is 9.37 Å². The Bertz CT molecular complexity index is 510. The van der Waals surface area contributed by atoms with E-state index in [9.17, 15) is 4.39 Å². The standard InChI is InChI=1S/C12H14FN3O/c1-16-6-5-14-12(16)8-15-9-3-4-10(13)11(7-9)17-2/h3-7,15H,8H2,1-2H3. The van der Waals surface area contributed by atoms with Gasteiger partial charge in [0, 0.05) is 31.2 Å². The molecule has 1 heterocycles. The number of nitrogens with one attached hydrogen (secondary N) is 1. The van der Waals surface area contributed by atoms with Crippen molar-refractivity contribution < 1.29 is 9.13 Å². The summed E-state index contributed by atoms with van der Waals surface area (Å²) < 4.78 is 20.0. The minimum absolute atomic E-state index is 0.231. The zero-order chi connectivity index (χ0) is 12.3. The minimum atomic E-state index is -0.366. The van der Waals surface area contributed by atoms with Gasteiger partial charge in [-0.2, -0.15) is 0 Å². The predicted octanol–water partition coefficient (Wildman–Crippen LogP) is 2.18. The Kier molecular flexibility index (Phi) is 3.27. The fraction of sp³-hybridized carbons (Fsp3) is 0.250. The average Bonchev–Trinajstić information content (AvgIpc) is 2.74. The van der Waals surface area contributed by atoms with Crippen LogP contribution in [-0.4, -0.2) is 16.7 Å². The second-order valence-corrected chi connectivity index (χ2v) is 3.66. The summed E-state index contributed by atoms with van der Waals surface area (Å²) >= 11 is 0. The van der Waals surface area contributed by atoms with E-state index in [1.165, 1.54) is 13.2 Å². The van der Waals surface area contributed by atoms with Gasteiger partial charge in [-0.15, -0.1) is 0 Å². The van der Waals surface area contributed by atoms with Crippen molar-refractivity contribution in [2.75, 3.05) is 12.4 Å². The molecule has 0 bridgehead atoms. The summed E-state index contributed by atoms with van der Waals surface area (Å²) in [5, 5.41) is 3.16. The molecule has 1 aromatic carbocycles. The van der Waals surface area contributed by atoms with Gasteiger partial charge < -0.3 is 14.6 Å². The summed E-state index contributed by atoms with van der Waals surface area (Å²) in [5.41, 5.74) is 0.797. The van der Waals surface area contributed by atoms with Crippen LogP contribution in [-0.2, 0) is 13.6 Å². The second-order valence-electron chi connectivity index (χ2n) is 3.66. The average molecular weight is 235 g/mol. The van der Waals surface area contributed by atoms with Crippen LogP contribution in [0.1, 0.15) is 5.82 Å². The molecule has 0 aliphatic carbocycles. The number of imidazole rings is 1. The fourth-order valence-corrected chi connectivity index (χ4v) is 1.52. The van der Waals surface area contributed by atoms with Crippen LogP contribution in [0.5, 0.6) is 5.75 Å². The normalized spacial score (nSPS) is 10.3. The number of anilines is 1. The first-order valence-corrected chi connectivity index (χ1v) is 5.24. The molecule has 4 nitrogen and oxygen atoms in total. The van der Waals surface area contributed by atoms with Crippen molar-refractivity contribution in [1.29, 1.82) is 0 Å². The summed E-state index contributed by atoms with van der Waals surface area (Å²) in [7, 11) is 3.37. The van der Waals surface area contributed by atoms with Crippen LogP contribution in [0.4, 0.5) is 10.1 Å². The molecule has 17 heavy (non-hydrogen) atoms. The highest BCUT2D eigenvalue weighted by molar-refractivity contribution is 5.48. The third-order valence-corrected chi connectivity index (χ3v) is 2.52. The van der Waals surface area contributed by atoms with Gasteiger partial charge in [0.15, 0.2) is 11.6 Å². The predicted molar refractivity (Wildman–Crippen MR) is 63.5 cm³/mol. The summed E-state index contributed by atoms with van der Waals surface area (Å²) in [5.74, 6) is 0.776. The van der Waals surface area contributed by atoms with Crippen LogP contribution in [0.2, 0.25) is 0 Å². The number of methoxy groups -OCH3 is 1. The summed E-state index contributed by atoms with van der Waals surface area (Å²) in [6.45, 7) is 0.582. The van der Waals surface area contributed by atoms with Crippen LogP contribution in [0.15, 0.2) is 30.6 Å². The number of benzene rings is 1. The molecule has 0 radical (unpaired) electrons. The highest BCUT2D eigenvalue weighted by Gasteiger charge is 2.04. The molecule has 2 aromatic rings. The molecule has 0 fully saturated rings. The molecule has 1 N–H and O–H groups in total. The maximum Gasteiger partial charge on any atom is 0.165 e. The highest BCUT2D eigenvalue weighted by atomic mass is 19.1. The third kappa shape index (κ3) is 2.55. The maximum atomic E-state index is 13.2. The van der Waals surface area contributed by atoms with Crippen molar-refractivity contribution in [3.05, 3.63) is 42.2 Å². The molecule has 5 heteroatoms. The maximum absolute atomic E-state index is 13.2. The van der Waals surface area contributed by atoms with Gasteiger partial charge in [-0.3, -0.25) is 0 Å². The summed E-state index contributed by atoms with van der Waals surface area (Å²) in [4.78, 5) is 4.19. The van der Waals surface area contributed by atoms with Crippen molar-refractivity contribution in [3.8, 4) is 5.75 Å². The fourth-order valence-electron chi connectivity index (χ4n) is 1.52. The van der Waals surface area contributed by atoms with Crippen molar-refractivity contribution in [2.45, 2.75) is 6.54 Å². The van der Waals surface area contributed by atoms with E-state index >= 15 is 0 Å². The molecule has 90 valence electrons. The number of halogens is 1. The molecule has 0 aliphatic heterocycles. The summed E-state index contributed by atoms with van der Waals surface area (Å²) in [6, 6.07) is 4.67. The molecule has 0 spiro atoms. The van der Waals surface area contributed by atoms with Crippen molar-refractivity contribution in [1.82, 2.24) is 9.55 Å². The lowest BCUT2D eigenvalue weighted by Crippen LogP contribution is -2.05. The lowest BCUT2D eigenvalue weighted by molar-refractivity contribution is 0.387. The monoisotopic (exact) mass is 235 g/mol. The first-order valence-electron chi connectivity index (χ1n) is 5.24. The Hall–Kier alpha value is -2.04. The molecule has 0 saturated heterocycles. The second kappa shape index (κ2) is 4.86. The number of rotatable bonds is 4. The Balaban J connectivity index is 2.07. The van der Waals surface area contributed by atoms with E-state index < -0.39 is 0 Å². The van der Waals surface area contributed by atoms with Gasteiger partial charge in [0.1, 0.15) is 5.82 Å². The van der Waals surface area contributed by atoms with E-state index in [2.05, 4.69) is 10.3 Å². The molecule has 0 atom stereocenters. The lowest BCUT2D eigenvalue weighted by atomic mass is 10.3. The number of hydrogen-bond acceptors (Lipinski definition) is 3. The van der Waals surface area contributed by atoms with Gasteiger partial charge in [0.05, 0.1) is 13.7 Å². The quantitative estimate of drug-likeness (QED) is 0.882. The Morgan fingerprint density at radius 3 is 2.94 bits per heavy atom. The number of aryl methyl sites for hydroxylation is 1. The van der Waals surface area contributed by atoms with Crippen molar-refractivity contribution in [3.63, 3.8) is 0 Å². The lowest BCUT2D eigenvalue weighted by Gasteiger charge is -2.08. The number of nitrogens with zero attached hydrogens (tertiary/aromatic N) is 2. The molecular weight excluding hydrogens is 221 g/mol. The van der Waals surface area contributed by atoms with E-state index in [4.69, 9.17) is 4.74 Å². The molecular formula is C12H14FN3O. The topological polar surface area (TPSA) is 39.1 Å². The van der Waals surface area contributed by atoms with E-state index in [1.54, 1.807) is 18.3 Å². The van der Waals surface area contributed by atoms with Crippen LogP contribution in [0.3, 0.4) is 0 Å². The van der Waals surface area contributed by atoms with E-state index in [0.29, 0.717) is 6.54 Å². The largest absolute Gasteiger partial charge is 0.494 e. The van der Waals surface area contributed by atoms with Gasteiger partial charge >= 0.3 is 0 Å². The summed E-state index contributed by atoms with van der Waals surface area (Å²) in [6.07, 6.45) is 3.62. The van der Waals surface area contributed by atoms with Gasteiger partial charge in [0.2, 0.25) is 0 Å². The van der Waals surface area contributed by atoms with Gasteiger partial charge in [-0.1, -0.05) is 0 Å². The molecule has 0 aliphatic rings. The zero-order valence-corrected chi connectivity index (χ0v) is 9.77. The first kappa shape index (κ1) is 11.4. The van der Waals surface area contributed by atoms with E-state index in [0.717, 1.165) is 11.5 Å². The van der Waals surface area contributed by atoms with E-state index in [-0.39, 0.29) is 11.6 Å². The van der Waals surface area contributed by atoms with Crippen LogP contribution in [0, 0.1) is 5.82 Å². The Morgan fingerprint density at radius 2 is 2.29 bits per heavy atom. The van der Waals surface area contributed by atoms with E-state index in [1.807, 2.05) is 17.8 Å². The van der Waals surface area contributed by atoms with Crippen molar-refractivity contribution in [2.24, 2.45) is 7.05 Å². The molecule has 0 amide bonds. The third-order valence-electron chi connectivity index (χ3n) is 2.52. The van der Waals surface area contributed by atoms with Crippen molar-refractivity contribution >= 4 is 5.69 Å².